The highest BCUT2D eigenvalue weighted by Crippen LogP contribution is 2.65. The molecule has 0 saturated heterocycles. The highest BCUT2D eigenvalue weighted by atomic mass is 19.3. The molecule has 0 unspecified atom stereocenters. The summed E-state index contributed by atoms with van der Waals surface area (Å²) in [5, 5.41) is 14.2. The van der Waals surface area contributed by atoms with Crippen LogP contribution in [0.4, 0.5) is 26.0 Å². The number of aryl methyl sites for hydroxylation is 1. The number of amides is 1. The molecule has 0 bridgehead atoms. The number of anilines is 3. The van der Waals surface area contributed by atoms with E-state index in [4.69, 9.17) is 4.74 Å². The summed E-state index contributed by atoms with van der Waals surface area (Å²) in [6.45, 7) is -1.22. The fraction of sp³-hybridized carbons (Fsp3) is 0.240. The van der Waals surface area contributed by atoms with E-state index in [2.05, 4.69) is 30.6 Å². The quantitative estimate of drug-likeness (QED) is 0.361. The van der Waals surface area contributed by atoms with E-state index >= 15 is 0 Å². The van der Waals surface area contributed by atoms with E-state index in [0.29, 0.717) is 29.4 Å². The predicted molar refractivity (Wildman–Crippen MR) is 126 cm³/mol. The van der Waals surface area contributed by atoms with Crippen molar-refractivity contribution in [2.24, 2.45) is 0 Å². The number of hydrogen-bond donors (Lipinski definition) is 3. The Bertz CT molecular complexity index is 1490. The second-order valence-corrected chi connectivity index (χ2v) is 8.80. The van der Waals surface area contributed by atoms with Crippen LogP contribution in [0.1, 0.15) is 29.2 Å². The van der Waals surface area contributed by atoms with Crippen LogP contribution in [0, 0.1) is 6.92 Å². The molecule has 2 aliphatic rings. The van der Waals surface area contributed by atoms with Gasteiger partial charge in [-0.2, -0.15) is 13.9 Å². The largest absolute Gasteiger partial charge is 0.497 e. The first-order valence-corrected chi connectivity index (χ1v) is 11.1. The van der Waals surface area contributed by atoms with Crippen molar-refractivity contribution in [2.45, 2.75) is 31.3 Å². The number of ether oxygens (including phenoxy) is 2. The fourth-order valence-electron chi connectivity index (χ4n) is 5.01. The monoisotopic (exact) mass is 477 g/mol. The van der Waals surface area contributed by atoms with Gasteiger partial charge in [0.05, 0.1) is 29.9 Å². The number of carbonyl (C=O) groups is 1. The van der Waals surface area contributed by atoms with E-state index in [0.717, 1.165) is 27.7 Å². The molecule has 2 atom stereocenters. The number of hydrogen-bond acceptors (Lipinski definition) is 6. The Morgan fingerprint density at radius 3 is 2.86 bits per heavy atom. The molecule has 1 aliphatic carbocycles. The Morgan fingerprint density at radius 2 is 2.06 bits per heavy atom. The second-order valence-electron chi connectivity index (χ2n) is 8.80. The molecule has 1 amide bonds. The number of rotatable bonds is 6. The molecule has 1 aliphatic heterocycles. The first kappa shape index (κ1) is 21.3. The topological polar surface area (TPSA) is 101 Å². The zero-order chi connectivity index (χ0) is 24.3. The molecule has 35 heavy (non-hydrogen) atoms. The first-order valence-electron chi connectivity index (χ1n) is 11.1. The molecular weight excluding hydrogens is 456 g/mol. The molecule has 10 heteroatoms. The predicted octanol–water partition coefficient (Wildman–Crippen LogP) is 5.00. The van der Waals surface area contributed by atoms with E-state index in [9.17, 15) is 13.6 Å². The number of carbonyl (C=O) groups excluding carboxylic acids is 1. The molecule has 1 fully saturated rings. The molecule has 4 aromatic rings. The van der Waals surface area contributed by atoms with Gasteiger partial charge in [-0.3, -0.25) is 14.9 Å². The number of H-pyrrole nitrogens is 1. The fourth-order valence-corrected chi connectivity index (χ4v) is 5.01. The summed E-state index contributed by atoms with van der Waals surface area (Å²) in [5.41, 5.74) is 3.93. The van der Waals surface area contributed by atoms with Crippen LogP contribution in [0.15, 0.2) is 48.7 Å². The molecule has 0 radical (unpaired) electrons. The van der Waals surface area contributed by atoms with Crippen LogP contribution in [0.25, 0.3) is 10.9 Å². The molecule has 178 valence electrons. The summed E-state index contributed by atoms with van der Waals surface area (Å²) in [4.78, 5) is 17.0. The lowest BCUT2D eigenvalue weighted by Gasteiger charge is -2.12. The van der Waals surface area contributed by atoms with E-state index in [1.165, 1.54) is 6.20 Å². The maximum atomic E-state index is 13.0. The van der Waals surface area contributed by atoms with Crippen LogP contribution in [0.3, 0.4) is 0 Å². The zero-order valence-corrected chi connectivity index (χ0v) is 18.9. The molecule has 3 heterocycles. The lowest BCUT2D eigenvalue weighted by molar-refractivity contribution is -0.118. The van der Waals surface area contributed by atoms with Gasteiger partial charge >= 0.3 is 6.61 Å². The number of nitrogens with zero attached hydrogens (tertiary/aromatic N) is 2. The highest BCUT2D eigenvalue weighted by molar-refractivity contribution is 6.10. The van der Waals surface area contributed by atoms with Gasteiger partial charge in [-0.15, -0.1) is 0 Å². The van der Waals surface area contributed by atoms with Gasteiger partial charge in [0, 0.05) is 22.7 Å². The average molecular weight is 477 g/mol. The van der Waals surface area contributed by atoms with Crippen molar-refractivity contribution in [2.75, 3.05) is 17.7 Å². The van der Waals surface area contributed by atoms with Gasteiger partial charge in [-0.1, -0.05) is 6.07 Å². The lowest BCUT2D eigenvalue weighted by atomic mass is 9.91. The third kappa shape index (κ3) is 3.36. The normalized spacial score (nSPS) is 20.3. The maximum absolute atomic E-state index is 13.0. The summed E-state index contributed by atoms with van der Waals surface area (Å²) in [5.74, 6) is 1.13. The number of nitrogens with one attached hydrogen (secondary N) is 3. The number of aromatic amines is 1. The number of halogens is 2. The van der Waals surface area contributed by atoms with Gasteiger partial charge in [-0.25, -0.2) is 0 Å². The maximum Gasteiger partial charge on any atom is 0.387 e. The summed E-state index contributed by atoms with van der Waals surface area (Å²) < 4.78 is 35.6. The summed E-state index contributed by atoms with van der Waals surface area (Å²) >= 11 is 0. The van der Waals surface area contributed by atoms with Gasteiger partial charge in [0.25, 0.3) is 0 Å². The van der Waals surface area contributed by atoms with Crippen LogP contribution in [-0.4, -0.2) is 34.8 Å². The van der Waals surface area contributed by atoms with E-state index in [-0.39, 0.29) is 17.6 Å². The molecular formula is C25H21F2N5O3. The van der Waals surface area contributed by atoms with Gasteiger partial charge in [-0.05, 0) is 60.9 Å². The number of methoxy groups -OCH3 is 1. The highest BCUT2D eigenvalue weighted by Gasteiger charge is 2.65. The molecule has 6 rings (SSSR count). The number of aromatic nitrogens is 3. The minimum absolute atomic E-state index is 0.00238. The van der Waals surface area contributed by atoms with Gasteiger partial charge in [0.15, 0.2) is 11.6 Å². The van der Waals surface area contributed by atoms with Gasteiger partial charge in [0.1, 0.15) is 5.75 Å². The molecule has 1 saturated carbocycles. The van der Waals surface area contributed by atoms with E-state index in [1.807, 2.05) is 36.4 Å². The standard InChI is InChI=1S/C25H21F2N5O3/c1-12-7-20(21(11-28-12)35-24(26)27)29-22-15-5-3-13(8-19(15)31-32-22)17-10-25(17)16-9-14(34-2)4-6-18(16)30-23(25)33/h3-9,11,17,24H,10H2,1-2H3,(H,30,33)(H2,28,29,31,32)/t17-,25-/m0/s1. The van der Waals surface area contributed by atoms with Crippen LogP contribution < -0.4 is 20.1 Å². The molecule has 3 N–H and O–H groups in total. The van der Waals surface area contributed by atoms with Crippen LogP contribution in [0.5, 0.6) is 11.5 Å². The van der Waals surface area contributed by atoms with Crippen molar-refractivity contribution in [3.05, 3.63) is 65.5 Å². The minimum atomic E-state index is -2.97. The summed E-state index contributed by atoms with van der Waals surface area (Å²) in [7, 11) is 1.61. The van der Waals surface area contributed by atoms with Crippen molar-refractivity contribution in [3.63, 3.8) is 0 Å². The molecule has 2 aromatic carbocycles. The van der Waals surface area contributed by atoms with Crippen molar-refractivity contribution in [1.82, 2.24) is 15.2 Å². The summed E-state index contributed by atoms with van der Waals surface area (Å²) in [6.07, 6.45) is 1.96. The van der Waals surface area contributed by atoms with Crippen LogP contribution in [0.2, 0.25) is 0 Å². The number of alkyl halides is 2. The Hall–Kier alpha value is -4.21. The van der Waals surface area contributed by atoms with Crippen molar-refractivity contribution >= 4 is 34.0 Å². The smallest absolute Gasteiger partial charge is 0.387 e. The molecule has 1 spiro atoms. The summed E-state index contributed by atoms with van der Waals surface area (Å²) in [6, 6.07) is 13.1. The van der Waals surface area contributed by atoms with Crippen molar-refractivity contribution < 1.29 is 23.0 Å². The number of pyridine rings is 1. The molecule has 8 nitrogen and oxygen atoms in total. The Kier molecular flexibility index (Phi) is 4.67. The Labute approximate surface area is 198 Å². The second kappa shape index (κ2) is 7.66. The average Bonchev–Trinajstić information content (AvgIpc) is 3.39. The first-order chi connectivity index (χ1) is 16.9. The van der Waals surface area contributed by atoms with E-state index < -0.39 is 12.0 Å². The lowest BCUT2D eigenvalue weighted by Crippen LogP contribution is -2.21. The Balaban J connectivity index is 1.31. The van der Waals surface area contributed by atoms with Gasteiger partial charge in [0.2, 0.25) is 5.91 Å². The van der Waals surface area contributed by atoms with Crippen LogP contribution in [-0.2, 0) is 10.2 Å². The minimum Gasteiger partial charge on any atom is -0.497 e. The van der Waals surface area contributed by atoms with Crippen molar-refractivity contribution in [1.29, 1.82) is 0 Å². The third-order valence-electron chi connectivity index (χ3n) is 6.78. The Morgan fingerprint density at radius 1 is 1.20 bits per heavy atom. The van der Waals surface area contributed by atoms with Crippen LogP contribution >= 0.6 is 0 Å². The number of benzene rings is 2. The number of fused-ring (bicyclic) bond motifs is 3. The SMILES string of the molecule is COc1ccc2c(c1)[C@]1(C[C@H]1c1ccc3c(Nc4cc(C)ncc4OC(F)F)n[nH]c3c1)C(=O)N2. The molecule has 2 aromatic heterocycles. The zero-order valence-electron chi connectivity index (χ0n) is 18.9. The third-order valence-corrected chi connectivity index (χ3v) is 6.78. The van der Waals surface area contributed by atoms with Gasteiger partial charge < -0.3 is 20.1 Å². The van der Waals surface area contributed by atoms with Crippen molar-refractivity contribution in [3.8, 4) is 11.5 Å². The van der Waals surface area contributed by atoms with E-state index in [1.54, 1.807) is 20.1 Å².